The van der Waals surface area contributed by atoms with Crippen LogP contribution in [0.2, 0.25) is 0 Å². The Bertz CT molecular complexity index is 2900. The van der Waals surface area contributed by atoms with Crippen molar-refractivity contribution in [1.82, 2.24) is 19.9 Å². The summed E-state index contributed by atoms with van der Waals surface area (Å²) in [5.74, 6) is 0.946. The number of urea groups is 2. The summed E-state index contributed by atoms with van der Waals surface area (Å²) in [6, 6.07) is 31.7. The monoisotopic (exact) mass is 884 g/mol. The van der Waals surface area contributed by atoms with E-state index in [4.69, 9.17) is 19.7 Å². The van der Waals surface area contributed by atoms with Crippen LogP contribution in [0.3, 0.4) is 0 Å². The molecule has 0 atom stereocenters. The molecule has 0 unspecified atom stereocenters. The number of anilines is 6. The summed E-state index contributed by atoms with van der Waals surface area (Å²) in [5.41, 5.74) is 4.36. The first-order chi connectivity index (χ1) is 31.6. The standard InChI is InChI=1S/C23H19F2N5O3.C23H20FN5O3/c24-18-7-3-15(11-19(18)25)29-23(32)28-14-1-4-16(5-2-14)33-17-6-8-20-21(12-17)30-22(13-27-20)26-9-10-31;24-15-1-3-16(4-2-15)27-23(31)28-17-5-7-18(8-6-17)32-19-9-10-20-21(13-19)29-22(14-26-20)25-11-12-30/h1-8,11-13,31H,9-10H2,(H,26,30)(H2,28,29,32);1-10,13-14,30H,11-12H2,(H,25,29)(H2,27,28,31). The first-order valence-electron chi connectivity index (χ1n) is 19.7. The SMILES string of the molecule is O=C(Nc1ccc(F)cc1)Nc1ccc(Oc2ccc3ncc(NCCO)nc3c2)cc1.O=C(Nc1ccc(Oc2ccc3ncc(NCCO)nc3c2)cc1)Nc1ccc(F)c(F)c1. The van der Waals surface area contributed by atoms with Gasteiger partial charge < -0.3 is 51.6 Å². The van der Waals surface area contributed by atoms with Crippen LogP contribution in [0.4, 0.5) is 57.1 Å². The number of rotatable bonds is 14. The molecule has 0 aliphatic heterocycles. The lowest BCUT2D eigenvalue weighted by molar-refractivity contribution is 0.261. The number of nitrogens with one attached hydrogen (secondary N) is 6. The topological polar surface area (TPSA) is 217 Å². The van der Waals surface area contributed by atoms with Crippen LogP contribution < -0.4 is 41.4 Å². The number of carbonyl (C=O) groups is 2. The third-order valence-corrected chi connectivity index (χ3v) is 8.84. The molecule has 0 saturated carbocycles. The van der Waals surface area contributed by atoms with Crippen molar-refractivity contribution in [2.75, 3.05) is 58.2 Å². The van der Waals surface area contributed by atoms with E-state index in [1.807, 2.05) is 6.07 Å². The van der Waals surface area contributed by atoms with Crippen LogP contribution in [-0.4, -0.2) is 68.5 Å². The fourth-order valence-corrected chi connectivity index (χ4v) is 5.83. The number of nitrogens with zero attached hydrogens (tertiary/aromatic N) is 4. The van der Waals surface area contributed by atoms with Crippen LogP contribution in [0.1, 0.15) is 0 Å². The van der Waals surface area contributed by atoms with Gasteiger partial charge in [0.15, 0.2) is 11.6 Å². The first-order valence-corrected chi connectivity index (χ1v) is 19.7. The minimum atomic E-state index is -1.05. The fourth-order valence-electron chi connectivity index (χ4n) is 5.83. The molecule has 19 heteroatoms. The second-order valence-electron chi connectivity index (χ2n) is 13.7. The number of aliphatic hydroxyl groups excluding tert-OH is 2. The number of benzene rings is 6. The molecule has 2 aromatic heterocycles. The van der Waals surface area contributed by atoms with Crippen molar-refractivity contribution in [2.24, 2.45) is 0 Å². The molecule has 6 aromatic carbocycles. The summed E-state index contributed by atoms with van der Waals surface area (Å²) in [7, 11) is 0. The molecule has 0 fully saturated rings. The van der Waals surface area contributed by atoms with Crippen LogP contribution in [-0.2, 0) is 0 Å². The molecule has 8 N–H and O–H groups in total. The normalized spacial score (nSPS) is 10.6. The summed E-state index contributed by atoms with van der Waals surface area (Å²) < 4.78 is 50.9. The Balaban J connectivity index is 0.000000194. The molecule has 330 valence electrons. The summed E-state index contributed by atoms with van der Waals surface area (Å²) >= 11 is 0. The molecule has 4 amide bonds. The first kappa shape index (κ1) is 44.5. The lowest BCUT2D eigenvalue weighted by Crippen LogP contribution is -2.19. The molecule has 8 aromatic rings. The second-order valence-corrected chi connectivity index (χ2v) is 13.7. The predicted octanol–water partition coefficient (Wildman–Crippen LogP) is 9.36. The van der Waals surface area contributed by atoms with Gasteiger partial charge in [-0.2, -0.15) is 0 Å². The van der Waals surface area contributed by atoms with Gasteiger partial charge in [0.05, 0.1) is 47.7 Å². The highest BCUT2D eigenvalue weighted by atomic mass is 19.2. The molecule has 8 rings (SSSR count). The van der Waals surface area contributed by atoms with E-state index in [1.54, 1.807) is 91.3 Å². The predicted molar refractivity (Wildman–Crippen MR) is 241 cm³/mol. The fraction of sp³-hybridized carbons (Fsp3) is 0.0870. The molecule has 0 aliphatic carbocycles. The van der Waals surface area contributed by atoms with Gasteiger partial charge in [0.1, 0.15) is 40.5 Å². The Morgan fingerprint density at radius 3 is 1.29 bits per heavy atom. The maximum Gasteiger partial charge on any atom is 0.323 e. The zero-order valence-electron chi connectivity index (χ0n) is 34.1. The van der Waals surface area contributed by atoms with Crippen molar-refractivity contribution >= 4 is 68.5 Å². The van der Waals surface area contributed by atoms with Gasteiger partial charge in [-0.3, -0.25) is 9.97 Å². The van der Waals surface area contributed by atoms with Gasteiger partial charge in [-0.25, -0.2) is 32.7 Å². The van der Waals surface area contributed by atoms with E-state index in [0.29, 0.717) is 81.3 Å². The average molecular weight is 885 g/mol. The number of hydrogen-bond donors (Lipinski definition) is 8. The molecule has 65 heavy (non-hydrogen) atoms. The minimum Gasteiger partial charge on any atom is -0.457 e. The maximum atomic E-state index is 13.3. The molecule has 0 spiro atoms. The van der Waals surface area contributed by atoms with Gasteiger partial charge in [0, 0.05) is 54.0 Å². The number of aromatic nitrogens is 4. The van der Waals surface area contributed by atoms with E-state index in [2.05, 4.69) is 51.8 Å². The number of aliphatic hydroxyl groups is 2. The Kier molecular flexibility index (Phi) is 14.7. The molecular weight excluding hydrogens is 846 g/mol. The molecular formula is C46H39F3N10O6. The quantitative estimate of drug-likeness (QED) is 0.0513. The number of halogens is 3. The number of carbonyl (C=O) groups excluding carboxylic acids is 2. The maximum absolute atomic E-state index is 13.3. The molecule has 0 saturated heterocycles. The highest BCUT2D eigenvalue weighted by Gasteiger charge is 2.10. The summed E-state index contributed by atoms with van der Waals surface area (Å²) in [6.45, 7) is 0.746. The Morgan fingerprint density at radius 2 is 0.862 bits per heavy atom. The van der Waals surface area contributed by atoms with Crippen molar-refractivity contribution in [3.63, 3.8) is 0 Å². The zero-order valence-corrected chi connectivity index (χ0v) is 34.1. The van der Waals surface area contributed by atoms with E-state index < -0.39 is 23.7 Å². The number of amides is 4. The van der Waals surface area contributed by atoms with Crippen LogP contribution in [0, 0.1) is 17.5 Å². The Labute approximate surface area is 368 Å². The summed E-state index contributed by atoms with van der Waals surface area (Å²) in [4.78, 5) is 41.7. The van der Waals surface area contributed by atoms with E-state index in [9.17, 15) is 22.8 Å². The number of hydrogen-bond acceptors (Lipinski definition) is 12. The molecule has 0 aliphatic rings. The van der Waals surface area contributed by atoms with E-state index in [0.717, 1.165) is 17.6 Å². The van der Waals surface area contributed by atoms with Gasteiger partial charge >= 0.3 is 12.1 Å². The molecule has 0 bridgehead atoms. The van der Waals surface area contributed by atoms with Gasteiger partial charge in [0.2, 0.25) is 0 Å². The van der Waals surface area contributed by atoms with Gasteiger partial charge in [0.25, 0.3) is 0 Å². The van der Waals surface area contributed by atoms with Gasteiger partial charge in [-0.05, 0) is 109 Å². The highest BCUT2D eigenvalue weighted by molar-refractivity contribution is 6.00. The lowest BCUT2D eigenvalue weighted by atomic mass is 10.2. The van der Waals surface area contributed by atoms with Gasteiger partial charge in [-0.15, -0.1) is 0 Å². The minimum absolute atomic E-state index is 0.00161. The lowest BCUT2D eigenvalue weighted by Gasteiger charge is -2.10. The largest absolute Gasteiger partial charge is 0.457 e. The van der Waals surface area contributed by atoms with Crippen LogP contribution in [0.5, 0.6) is 23.0 Å². The zero-order chi connectivity index (χ0) is 45.5. The van der Waals surface area contributed by atoms with Crippen LogP contribution in [0.15, 0.2) is 140 Å². The number of ether oxygens (including phenoxy) is 2. The summed E-state index contributed by atoms with van der Waals surface area (Å²) in [6.07, 6.45) is 3.20. The van der Waals surface area contributed by atoms with Crippen molar-refractivity contribution in [1.29, 1.82) is 0 Å². The van der Waals surface area contributed by atoms with Crippen LogP contribution >= 0.6 is 0 Å². The Hall–Kier alpha value is -8.55. The van der Waals surface area contributed by atoms with E-state index in [1.165, 1.54) is 30.3 Å². The number of fused-ring (bicyclic) bond motifs is 2. The molecule has 16 nitrogen and oxygen atoms in total. The van der Waals surface area contributed by atoms with Gasteiger partial charge in [-0.1, -0.05) is 0 Å². The molecule has 2 heterocycles. The Morgan fingerprint density at radius 1 is 0.462 bits per heavy atom. The summed E-state index contributed by atoms with van der Waals surface area (Å²) in [5, 5.41) is 34.1. The third-order valence-electron chi connectivity index (χ3n) is 8.84. The average Bonchev–Trinajstić information content (AvgIpc) is 3.31. The van der Waals surface area contributed by atoms with Crippen molar-refractivity contribution in [3.8, 4) is 23.0 Å². The highest BCUT2D eigenvalue weighted by Crippen LogP contribution is 2.28. The van der Waals surface area contributed by atoms with Crippen molar-refractivity contribution in [3.05, 3.63) is 157 Å². The van der Waals surface area contributed by atoms with E-state index >= 15 is 0 Å². The molecule has 0 radical (unpaired) electrons. The van der Waals surface area contributed by atoms with Crippen molar-refractivity contribution in [2.45, 2.75) is 0 Å². The second kappa shape index (κ2) is 21.5. The third kappa shape index (κ3) is 13.0. The van der Waals surface area contributed by atoms with E-state index in [-0.39, 0.29) is 24.7 Å². The van der Waals surface area contributed by atoms with Crippen LogP contribution in [0.25, 0.3) is 22.1 Å². The smallest absolute Gasteiger partial charge is 0.323 e. The van der Waals surface area contributed by atoms with Crippen molar-refractivity contribution < 1.29 is 42.4 Å².